The van der Waals surface area contributed by atoms with Crippen molar-refractivity contribution in [1.82, 2.24) is 9.30 Å². The summed E-state index contributed by atoms with van der Waals surface area (Å²) >= 11 is 6.06. The molecule has 0 radical (unpaired) electrons. The highest BCUT2D eigenvalue weighted by molar-refractivity contribution is 6.35. The second-order valence-corrected chi connectivity index (χ2v) is 9.53. The van der Waals surface area contributed by atoms with E-state index in [1.165, 1.54) is 23.2 Å². The Morgan fingerprint density at radius 3 is 2.29 bits per heavy atom. The Morgan fingerprint density at radius 2 is 1.63 bits per heavy atom. The number of carbonyl (C=O) groups excluding carboxylic acids is 2. The number of benzene rings is 2. The fourth-order valence-corrected chi connectivity index (χ4v) is 4.96. The summed E-state index contributed by atoms with van der Waals surface area (Å²) in [5.41, 5.74) is -4.02. The van der Waals surface area contributed by atoms with E-state index in [4.69, 9.17) is 21.4 Å². The van der Waals surface area contributed by atoms with Gasteiger partial charge in [-0.25, -0.2) is 13.6 Å². The van der Waals surface area contributed by atoms with Crippen LogP contribution in [0.5, 0.6) is 0 Å². The van der Waals surface area contributed by atoms with E-state index in [-0.39, 0.29) is 29.7 Å². The van der Waals surface area contributed by atoms with Gasteiger partial charge < -0.3 is 19.1 Å². The molecule has 1 amide bonds. The van der Waals surface area contributed by atoms with Gasteiger partial charge in [0.1, 0.15) is 11.6 Å². The minimum atomic E-state index is -4.95. The van der Waals surface area contributed by atoms with E-state index >= 15 is 4.39 Å². The molecule has 0 bridgehead atoms. The molecular formula is C28H18ClF5N2O5. The predicted octanol–water partition coefficient (Wildman–Crippen LogP) is 5.96. The number of hydrogen-bond donors (Lipinski definition) is 1. The van der Waals surface area contributed by atoms with Crippen LogP contribution >= 0.6 is 11.6 Å². The van der Waals surface area contributed by atoms with E-state index in [2.05, 4.69) is 0 Å². The molecule has 0 spiro atoms. The summed E-state index contributed by atoms with van der Waals surface area (Å²) in [5, 5.41) is 8.63. The first-order valence-electron chi connectivity index (χ1n) is 12.0. The average Bonchev–Trinajstić information content (AvgIpc) is 3.31. The van der Waals surface area contributed by atoms with Crippen LogP contribution in [0.25, 0.3) is 16.6 Å². The number of ketones is 1. The number of halogens is 6. The lowest BCUT2D eigenvalue weighted by Gasteiger charge is -2.27. The van der Waals surface area contributed by atoms with Gasteiger partial charge in [-0.1, -0.05) is 17.7 Å². The Labute approximate surface area is 233 Å². The zero-order valence-electron chi connectivity index (χ0n) is 20.8. The second-order valence-electron chi connectivity index (χ2n) is 9.13. The SMILES string of the molecule is O=C(O)c1cc(F)c(-c2cc(C(=O)c3c(Cl)cccc3C(F)(F)F)n3cc(C(=O)N4CCOCC4)ccc23)cc1F. The maximum Gasteiger partial charge on any atom is 0.417 e. The summed E-state index contributed by atoms with van der Waals surface area (Å²) in [4.78, 5) is 39.6. The van der Waals surface area contributed by atoms with Gasteiger partial charge in [-0.15, -0.1) is 0 Å². The highest BCUT2D eigenvalue weighted by Gasteiger charge is 2.37. The first-order valence-corrected chi connectivity index (χ1v) is 12.4. The molecule has 212 valence electrons. The highest BCUT2D eigenvalue weighted by Crippen LogP contribution is 2.38. The van der Waals surface area contributed by atoms with Crippen LogP contribution in [0.15, 0.2) is 54.7 Å². The van der Waals surface area contributed by atoms with Gasteiger partial charge in [0, 0.05) is 30.4 Å². The van der Waals surface area contributed by atoms with Gasteiger partial charge in [-0.05, 0) is 42.5 Å². The third-order valence-electron chi connectivity index (χ3n) is 6.67. The van der Waals surface area contributed by atoms with Crippen molar-refractivity contribution in [3.8, 4) is 11.1 Å². The number of rotatable bonds is 5. The third kappa shape index (κ3) is 5.16. The number of ether oxygens (including phenoxy) is 1. The standard InChI is InChI=1S/C28H18ClF5N2O5/c29-19-3-1-2-18(28(32,33)34)24(19)25(37)23-12-16(15-10-21(31)17(27(39)40)11-20(15)30)22-5-4-14(13-36(22)23)26(38)35-6-8-41-9-7-35/h1-5,10-13H,6-9H2,(H,39,40). The average molecular weight is 593 g/mol. The number of alkyl halides is 3. The lowest BCUT2D eigenvalue weighted by molar-refractivity contribution is -0.137. The number of hydrogen-bond acceptors (Lipinski definition) is 4. The fraction of sp³-hybridized carbons (Fsp3) is 0.179. The van der Waals surface area contributed by atoms with Crippen LogP contribution < -0.4 is 0 Å². The van der Waals surface area contributed by atoms with Gasteiger partial charge in [-0.2, -0.15) is 13.2 Å². The molecule has 1 saturated heterocycles. The topological polar surface area (TPSA) is 88.3 Å². The molecule has 0 saturated carbocycles. The van der Waals surface area contributed by atoms with Crippen LogP contribution in [0.3, 0.4) is 0 Å². The molecule has 41 heavy (non-hydrogen) atoms. The van der Waals surface area contributed by atoms with Crippen LogP contribution in [0, 0.1) is 11.6 Å². The molecule has 0 unspecified atom stereocenters. The van der Waals surface area contributed by atoms with E-state index in [0.717, 1.165) is 22.6 Å². The number of aromatic carboxylic acids is 1. The molecule has 0 atom stereocenters. The Kier molecular flexibility index (Phi) is 7.30. The van der Waals surface area contributed by atoms with Crippen molar-refractivity contribution >= 4 is 34.8 Å². The first-order chi connectivity index (χ1) is 19.4. The van der Waals surface area contributed by atoms with E-state index in [9.17, 15) is 31.9 Å². The fourth-order valence-electron chi connectivity index (χ4n) is 4.70. The van der Waals surface area contributed by atoms with Gasteiger partial charge in [0.25, 0.3) is 5.91 Å². The number of carboxylic acid groups (broad SMARTS) is 1. The smallest absolute Gasteiger partial charge is 0.417 e. The number of pyridine rings is 1. The van der Waals surface area contributed by atoms with Crippen molar-refractivity contribution in [3.63, 3.8) is 0 Å². The van der Waals surface area contributed by atoms with Gasteiger partial charge in [0.2, 0.25) is 5.78 Å². The zero-order chi connectivity index (χ0) is 29.6. The molecule has 2 aromatic heterocycles. The van der Waals surface area contributed by atoms with Crippen LogP contribution in [-0.4, -0.2) is 58.4 Å². The number of morpholine rings is 1. The Hall–Kier alpha value is -4.29. The third-order valence-corrected chi connectivity index (χ3v) is 6.98. The van der Waals surface area contributed by atoms with Gasteiger partial charge in [-0.3, -0.25) is 9.59 Å². The molecule has 1 N–H and O–H groups in total. The summed E-state index contributed by atoms with van der Waals surface area (Å²) in [6.45, 7) is 1.17. The molecule has 13 heteroatoms. The van der Waals surface area contributed by atoms with E-state index < -0.39 is 68.4 Å². The van der Waals surface area contributed by atoms with E-state index in [1.807, 2.05) is 0 Å². The lowest BCUT2D eigenvalue weighted by atomic mass is 9.99. The monoisotopic (exact) mass is 592 g/mol. The number of carbonyl (C=O) groups is 3. The quantitative estimate of drug-likeness (QED) is 0.228. The molecule has 5 rings (SSSR count). The maximum absolute atomic E-state index is 15.1. The zero-order valence-corrected chi connectivity index (χ0v) is 21.5. The summed E-state index contributed by atoms with van der Waals surface area (Å²) < 4.78 is 77.6. The molecule has 1 aliphatic heterocycles. The van der Waals surface area contributed by atoms with Crippen LogP contribution in [0.1, 0.15) is 42.3 Å². The van der Waals surface area contributed by atoms with E-state index in [0.29, 0.717) is 31.4 Å². The summed E-state index contributed by atoms with van der Waals surface area (Å²) in [5.74, 6) is -5.78. The summed E-state index contributed by atoms with van der Waals surface area (Å²) in [7, 11) is 0. The number of fused-ring (bicyclic) bond motifs is 1. The van der Waals surface area contributed by atoms with Crippen LogP contribution in [0.4, 0.5) is 22.0 Å². The Morgan fingerprint density at radius 1 is 0.927 bits per heavy atom. The predicted molar refractivity (Wildman–Crippen MR) is 136 cm³/mol. The molecule has 1 fully saturated rings. The lowest BCUT2D eigenvalue weighted by Crippen LogP contribution is -2.40. The van der Waals surface area contributed by atoms with Crippen molar-refractivity contribution in [3.05, 3.63) is 99.3 Å². The molecule has 0 aliphatic carbocycles. The minimum Gasteiger partial charge on any atom is -0.478 e. The summed E-state index contributed by atoms with van der Waals surface area (Å²) in [6.07, 6.45) is -3.74. The van der Waals surface area contributed by atoms with Crippen molar-refractivity contribution < 1.29 is 46.2 Å². The Balaban J connectivity index is 1.75. The second kappa shape index (κ2) is 10.6. The molecule has 4 aromatic rings. The number of amides is 1. The van der Waals surface area contributed by atoms with Crippen LogP contribution in [0.2, 0.25) is 5.02 Å². The van der Waals surface area contributed by atoms with Gasteiger partial charge in [0.05, 0.1) is 51.7 Å². The Bertz CT molecular complexity index is 1730. The van der Waals surface area contributed by atoms with Gasteiger partial charge in [0.15, 0.2) is 0 Å². The number of carboxylic acids is 1. The van der Waals surface area contributed by atoms with E-state index in [1.54, 1.807) is 0 Å². The maximum atomic E-state index is 15.1. The largest absolute Gasteiger partial charge is 0.478 e. The van der Waals surface area contributed by atoms with Crippen molar-refractivity contribution in [2.24, 2.45) is 0 Å². The number of nitrogens with zero attached hydrogens (tertiary/aromatic N) is 2. The normalized spacial score (nSPS) is 14.0. The summed E-state index contributed by atoms with van der Waals surface area (Å²) in [6, 6.07) is 7.65. The van der Waals surface area contributed by atoms with Crippen molar-refractivity contribution in [2.45, 2.75) is 6.18 Å². The van der Waals surface area contributed by atoms with Crippen molar-refractivity contribution in [1.29, 1.82) is 0 Å². The molecule has 7 nitrogen and oxygen atoms in total. The van der Waals surface area contributed by atoms with Gasteiger partial charge >= 0.3 is 12.1 Å². The molecule has 1 aliphatic rings. The molecule has 3 heterocycles. The minimum absolute atomic E-state index is 0.0360. The first kappa shape index (κ1) is 28.2. The van der Waals surface area contributed by atoms with Crippen molar-refractivity contribution in [2.75, 3.05) is 26.3 Å². The molecular weight excluding hydrogens is 575 g/mol. The molecule has 2 aromatic carbocycles. The number of aromatic nitrogens is 1. The van der Waals surface area contributed by atoms with Crippen LogP contribution in [-0.2, 0) is 10.9 Å². The highest BCUT2D eigenvalue weighted by atomic mass is 35.5.